The Hall–Kier alpha value is -1.01. The lowest BCUT2D eigenvalue weighted by atomic mass is 10.5. The highest BCUT2D eigenvalue weighted by Crippen LogP contribution is 2.01. The van der Waals surface area contributed by atoms with Crippen LogP contribution in [0.3, 0.4) is 0 Å². The molecule has 0 saturated heterocycles. The summed E-state index contributed by atoms with van der Waals surface area (Å²) in [6, 6.07) is 0. The van der Waals surface area contributed by atoms with Gasteiger partial charge in [0.2, 0.25) is 12.9 Å². The molecule has 0 heterocycles. The minimum absolute atomic E-state index is 0.481. The van der Waals surface area contributed by atoms with Crippen molar-refractivity contribution in [3.05, 3.63) is 0 Å². The van der Waals surface area contributed by atoms with Crippen molar-refractivity contribution in [3.63, 3.8) is 0 Å². The number of alkyl halides is 4. The Labute approximate surface area is 78.0 Å². The quantitative estimate of drug-likeness (QED) is 0.507. The Morgan fingerprint density at radius 3 is 1.57 bits per heavy atom. The van der Waals surface area contributed by atoms with Crippen LogP contribution in [-0.2, 0) is 9.47 Å². The molecule has 0 bridgehead atoms. The van der Waals surface area contributed by atoms with E-state index in [0.717, 1.165) is 0 Å². The molecule has 0 N–H and O–H groups in total. The van der Waals surface area contributed by atoms with Crippen molar-refractivity contribution in [1.29, 1.82) is 0 Å². The van der Waals surface area contributed by atoms with Crippen LogP contribution in [0.15, 0.2) is 0 Å². The van der Waals surface area contributed by atoms with Crippen molar-refractivity contribution in [2.45, 2.75) is 25.7 Å². The average molecular weight is 218 g/mol. The molecule has 0 unspecified atom stereocenters. The van der Waals surface area contributed by atoms with Crippen LogP contribution in [0.25, 0.3) is 0 Å². The third-order valence-corrected chi connectivity index (χ3v) is 1.11. The number of hydrogen-bond donors (Lipinski definition) is 0. The van der Waals surface area contributed by atoms with Gasteiger partial charge < -0.3 is 9.47 Å². The highest BCUT2D eigenvalue weighted by atomic mass is 19.3. The summed E-state index contributed by atoms with van der Waals surface area (Å²) in [6.45, 7) is -0.962. The summed E-state index contributed by atoms with van der Waals surface area (Å²) in [5, 5.41) is 0. The summed E-state index contributed by atoms with van der Waals surface area (Å²) in [6.07, 6.45) is -7.52. The predicted molar refractivity (Wildman–Crippen MR) is 38.5 cm³/mol. The molecule has 0 fully saturated rings. The van der Waals surface area contributed by atoms with E-state index >= 15 is 0 Å². The largest absolute Gasteiger partial charge is 0.508 e. The first-order valence-corrected chi connectivity index (χ1v) is 3.88. The van der Waals surface area contributed by atoms with E-state index in [4.69, 9.17) is 0 Å². The molecule has 14 heavy (non-hydrogen) atoms. The van der Waals surface area contributed by atoms with E-state index in [1.165, 1.54) is 0 Å². The predicted octanol–water partition coefficient (Wildman–Crippen LogP) is 2.45. The molecule has 0 radical (unpaired) electrons. The van der Waals surface area contributed by atoms with Crippen LogP contribution in [0.5, 0.6) is 0 Å². The lowest BCUT2D eigenvalue weighted by Gasteiger charge is -2.05. The van der Waals surface area contributed by atoms with E-state index in [0.29, 0.717) is 0 Å². The van der Waals surface area contributed by atoms with Gasteiger partial charge in [0, 0.05) is 12.8 Å². The number of rotatable bonds is 6. The van der Waals surface area contributed by atoms with Crippen LogP contribution in [0.2, 0.25) is 0 Å². The molecule has 0 aromatic heterocycles. The van der Waals surface area contributed by atoms with E-state index in [1.807, 2.05) is 0 Å². The lowest BCUT2D eigenvalue weighted by Crippen LogP contribution is -2.12. The molecule has 84 valence electrons. The number of carbonyl (C=O) groups excluding carboxylic acids is 1. The van der Waals surface area contributed by atoms with Gasteiger partial charge in [-0.2, -0.15) is 0 Å². The molecule has 0 amide bonds. The molecule has 3 nitrogen and oxygen atoms in total. The smallest absolute Gasteiger partial charge is 0.434 e. The van der Waals surface area contributed by atoms with Crippen molar-refractivity contribution in [2.24, 2.45) is 0 Å². The van der Waals surface area contributed by atoms with Crippen LogP contribution < -0.4 is 0 Å². The number of carbonyl (C=O) groups is 1. The van der Waals surface area contributed by atoms with Gasteiger partial charge in [-0.15, -0.1) is 0 Å². The Bertz CT molecular complexity index is 147. The van der Waals surface area contributed by atoms with Gasteiger partial charge in [-0.05, 0) is 0 Å². The van der Waals surface area contributed by atoms with Crippen molar-refractivity contribution >= 4 is 6.16 Å². The standard InChI is InChI=1S/C7H10F4O3/c8-5(9)1-3-13-7(12)14-4-2-6(10)11/h5-6H,1-4H2. The third-order valence-electron chi connectivity index (χ3n) is 1.11. The normalized spacial score (nSPS) is 10.7. The fourth-order valence-electron chi connectivity index (χ4n) is 0.504. The summed E-state index contributed by atoms with van der Waals surface area (Å²) < 4.78 is 54.3. The fourth-order valence-corrected chi connectivity index (χ4v) is 0.504. The fraction of sp³-hybridized carbons (Fsp3) is 0.857. The van der Waals surface area contributed by atoms with Gasteiger partial charge in [-0.25, -0.2) is 22.4 Å². The molecular formula is C7H10F4O3. The van der Waals surface area contributed by atoms with Gasteiger partial charge in [0.05, 0.1) is 0 Å². The molecule has 0 atom stereocenters. The van der Waals surface area contributed by atoms with Crippen LogP contribution in [0, 0.1) is 0 Å². The van der Waals surface area contributed by atoms with Gasteiger partial charge in [0.1, 0.15) is 13.2 Å². The topological polar surface area (TPSA) is 35.5 Å². The Morgan fingerprint density at radius 2 is 1.29 bits per heavy atom. The molecular weight excluding hydrogens is 208 g/mol. The average Bonchev–Trinajstić information content (AvgIpc) is 2.02. The number of halogens is 4. The van der Waals surface area contributed by atoms with E-state index < -0.39 is 45.1 Å². The van der Waals surface area contributed by atoms with Crippen LogP contribution in [0.1, 0.15) is 12.8 Å². The van der Waals surface area contributed by atoms with E-state index in [2.05, 4.69) is 9.47 Å². The molecule has 0 spiro atoms. The summed E-state index contributed by atoms with van der Waals surface area (Å²) in [7, 11) is 0. The SMILES string of the molecule is O=C(OCCC(F)F)OCCC(F)F. The second-order valence-electron chi connectivity index (χ2n) is 2.31. The summed E-state index contributed by atoms with van der Waals surface area (Å²) in [5.41, 5.74) is 0. The van der Waals surface area contributed by atoms with Crippen molar-refractivity contribution in [3.8, 4) is 0 Å². The van der Waals surface area contributed by atoms with E-state index in [9.17, 15) is 22.4 Å². The summed E-state index contributed by atoms with van der Waals surface area (Å²) >= 11 is 0. The van der Waals surface area contributed by atoms with Crippen molar-refractivity contribution in [1.82, 2.24) is 0 Å². The van der Waals surface area contributed by atoms with Gasteiger partial charge in [-0.1, -0.05) is 0 Å². The first-order chi connectivity index (χ1) is 6.52. The highest BCUT2D eigenvalue weighted by molar-refractivity contribution is 5.59. The van der Waals surface area contributed by atoms with Gasteiger partial charge in [0.25, 0.3) is 0 Å². The minimum atomic E-state index is -2.57. The zero-order valence-corrected chi connectivity index (χ0v) is 7.22. The maximum atomic E-state index is 11.5. The Balaban J connectivity index is 3.28. The highest BCUT2D eigenvalue weighted by Gasteiger charge is 2.09. The first kappa shape index (κ1) is 13.0. The maximum absolute atomic E-state index is 11.5. The van der Waals surface area contributed by atoms with E-state index in [1.54, 1.807) is 0 Å². The molecule has 0 aliphatic rings. The first-order valence-electron chi connectivity index (χ1n) is 3.88. The van der Waals surface area contributed by atoms with Gasteiger partial charge in [0.15, 0.2) is 0 Å². The molecule has 0 saturated carbocycles. The van der Waals surface area contributed by atoms with Crippen LogP contribution >= 0.6 is 0 Å². The van der Waals surface area contributed by atoms with Crippen molar-refractivity contribution in [2.75, 3.05) is 13.2 Å². The molecule has 0 aromatic carbocycles. The summed E-state index contributed by atoms with van der Waals surface area (Å²) in [5.74, 6) is 0. The molecule has 0 rings (SSSR count). The van der Waals surface area contributed by atoms with Crippen LogP contribution in [-0.4, -0.2) is 32.2 Å². The summed E-state index contributed by atoms with van der Waals surface area (Å²) in [4.78, 5) is 10.5. The van der Waals surface area contributed by atoms with Gasteiger partial charge >= 0.3 is 6.16 Å². The Kier molecular flexibility index (Phi) is 6.87. The molecule has 0 aliphatic carbocycles. The minimum Gasteiger partial charge on any atom is -0.434 e. The van der Waals surface area contributed by atoms with Crippen LogP contribution in [0.4, 0.5) is 22.4 Å². The van der Waals surface area contributed by atoms with Crippen molar-refractivity contribution < 1.29 is 31.8 Å². The number of ether oxygens (including phenoxy) is 2. The third kappa shape index (κ3) is 9.08. The molecule has 0 aliphatic heterocycles. The zero-order valence-electron chi connectivity index (χ0n) is 7.22. The second kappa shape index (κ2) is 7.40. The monoisotopic (exact) mass is 218 g/mol. The maximum Gasteiger partial charge on any atom is 0.508 e. The Morgan fingerprint density at radius 1 is 0.929 bits per heavy atom. The molecule has 7 heteroatoms. The zero-order chi connectivity index (χ0) is 11.0. The second-order valence-corrected chi connectivity index (χ2v) is 2.31. The number of hydrogen-bond acceptors (Lipinski definition) is 3. The van der Waals surface area contributed by atoms with Gasteiger partial charge in [-0.3, -0.25) is 0 Å². The van der Waals surface area contributed by atoms with E-state index in [-0.39, 0.29) is 0 Å². The lowest BCUT2D eigenvalue weighted by molar-refractivity contribution is 0.0263. The molecule has 0 aromatic rings.